The zero-order valence-electron chi connectivity index (χ0n) is 12.0. The van der Waals surface area contributed by atoms with Gasteiger partial charge in [-0.1, -0.05) is 12.5 Å². The quantitative estimate of drug-likeness (QED) is 0.919. The van der Waals surface area contributed by atoms with Crippen LogP contribution in [-0.4, -0.2) is 41.9 Å². The smallest absolute Gasteiger partial charge is 0.161 e. The number of ether oxygens (including phenoxy) is 2. The third kappa shape index (κ3) is 2.91. The predicted molar refractivity (Wildman–Crippen MR) is 77.2 cm³/mol. The number of aliphatic hydroxyl groups is 1. The van der Waals surface area contributed by atoms with E-state index in [9.17, 15) is 5.11 Å². The second kappa shape index (κ2) is 6.02. The lowest BCUT2D eigenvalue weighted by Crippen LogP contribution is -2.45. The van der Waals surface area contributed by atoms with Crippen molar-refractivity contribution < 1.29 is 14.6 Å². The van der Waals surface area contributed by atoms with Gasteiger partial charge >= 0.3 is 0 Å². The Bertz CT molecular complexity index is 461. The van der Waals surface area contributed by atoms with Gasteiger partial charge in [-0.25, -0.2) is 0 Å². The molecule has 0 aromatic heterocycles. The SMILES string of the molecule is CC(O)C1CCCCN1Cc1ccc2c(c1)OCCO2. The molecule has 0 saturated carbocycles. The standard InChI is InChI=1S/C16H23NO3/c1-12(18)14-4-2-3-7-17(14)11-13-5-6-15-16(10-13)20-9-8-19-15/h5-6,10,12,14,18H,2-4,7-9,11H2,1H3. The highest BCUT2D eigenvalue weighted by Gasteiger charge is 2.26. The van der Waals surface area contributed by atoms with Crippen molar-refractivity contribution in [3.05, 3.63) is 23.8 Å². The Kier molecular flexibility index (Phi) is 4.13. The molecule has 4 heteroatoms. The average molecular weight is 277 g/mol. The van der Waals surface area contributed by atoms with Gasteiger partial charge in [0.1, 0.15) is 13.2 Å². The molecular weight excluding hydrogens is 254 g/mol. The molecule has 4 nitrogen and oxygen atoms in total. The van der Waals surface area contributed by atoms with Crippen LogP contribution in [0.15, 0.2) is 18.2 Å². The van der Waals surface area contributed by atoms with Gasteiger partial charge in [0.25, 0.3) is 0 Å². The summed E-state index contributed by atoms with van der Waals surface area (Å²) in [5, 5.41) is 9.93. The summed E-state index contributed by atoms with van der Waals surface area (Å²) in [6.45, 7) is 5.07. The van der Waals surface area contributed by atoms with Crippen LogP contribution in [0.3, 0.4) is 0 Å². The highest BCUT2D eigenvalue weighted by Crippen LogP contribution is 2.32. The normalized spacial score (nSPS) is 24.4. The molecule has 2 aliphatic rings. The molecular formula is C16H23NO3. The molecule has 1 aromatic carbocycles. The van der Waals surface area contributed by atoms with Gasteiger partial charge in [0.05, 0.1) is 6.10 Å². The first kappa shape index (κ1) is 13.7. The number of likely N-dealkylation sites (tertiary alicyclic amines) is 1. The molecule has 2 heterocycles. The van der Waals surface area contributed by atoms with Gasteiger partial charge in [0.2, 0.25) is 0 Å². The van der Waals surface area contributed by atoms with Crippen LogP contribution < -0.4 is 9.47 Å². The number of benzene rings is 1. The largest absolute Gasteiger partial charge is 0.486 e. The van der Waals surface area contributed by atoms with Gasteiger partial charge in [0, 0.05) is 12.6 Å². The molecule has 1 N–H and O–H groups in total. The van der Waals surface area contributed by atoms with Crippen LogP contribution in [0.4, 0.5) is 0 Å². The van der Waals surface area contributed by atoms with Crippen molar-refractivity contribution in [2.45, 2.75) is 44.9 Å². The van der Waals surface area contributed by atoms with E-state index in [1.165, 1.54) is 18.4 Å². The molecule has 1 saturated heterocycles. The summed E-state index contributed by atoms with van der Waals surface area (Å²) >= 11 is 0. The molecule has 0 amide bonds. The average Bonchev–Trinajstić information content (AvgIpc) is 2.47. The molecule has 0 radical (unpaired) electrons. The molecule has 2 aliphatic heterocycles. The van der Waals surface area contributed by atoms with Crippen molar-refractivity contribution in [1.29, 1.82) is 0 Å². The number of aliphatic hydroxyl groups excluding tert-OH is 1. The Labute approximate surface area is 120 Å². The van der Waals surface area contributed by atoms with E-state index in [2.05, 4.69) is 17.0 Å². The summed E-state index contributed by atoms with van der Waals surface area (Å²) in [4.78, 5) is 2.39. The lowest BCUT2D eigenvalue weighted by atomic mass is 9.97. The molecule has 0 aliphatic carbocycles. The highest BCUT2D eigenvalue weighted by molar-refractivity contribution is 5.43. The lowest BCUT2D eigenvalue weighted by molar-refractivity contribution is 0.0316. The van der Waals surface area contributed by atoms with E-state index >= 15 is 0 Å². The summed E-state index contributed by atoms with van der Waals surface area (Å²) < 4.78 is 11.2. The van der Waals surface area contributed by atoms with Crippen molar-refractivity contribution in [2.24, 2.45) is 0 Å². The summed E-state index contributed by atoms with van der Waals surface area (Å²) in [6.07, 6.45) is 3.25. The fourth-order valence-corrected chi connectivity index (χ4v) is 3.18. The van der Waals surface area contributed by atoms with Gasteiger partial charge in [-0.2, -0.15) is 0 Å². The monoisotopic (exact) mass is 277 g/mol. The van der Waals surface area contributed by atoms with Crippen molar-refractivity contribution in [3.63, 3.8) is 0 Å². The van der Waals surface area contributed by atoms with Crippen LogP contribution in [0.1, 0.15) is 31.7 Å². The molecule has 1 fully saturated rings. The Morgan fingerprint density at radius 2 is 2.05 bits per heavy atom. The zero-order valence-corrected chi connectivity index (χ0v) is 12.0. The Hall–Kier alpha value is -1.26. The minimum Gasteiger partial charge on any atom is -0.486 e. The third-order valence-corrected chi connectivity index (χ3v) is 4.21. The topological polar surface area (TPSA) is 41.9 Å². The zero-order chi connectivity index (χ0) is 13.9. The van der Waals surface area contributed by atoms with E-state index in [1.807, 2.05) is 13.0 Å². The Morgan fingerprint density at radius 1 is 1.25 bits per heavy atom. The van der Waals surface area contributed by atoms with Gasteiger partial charge in [-0.15, -0.1) is 0 Å². The predicted octanol–water partition coefficient (Wildman–Crippen LogP) is 2.19. The maximum Gasteiger partial charge on any atom is 0.161 e. The number of rotatable bonds is 3. The van der Waals surface area contributed by atoms with Crippen molar-refractivity contribution in [1.82, 2.24) is 4.90 Å². The number of piperidine rings is 1. The third-order valence-electron chi connectivity index (χ3n) is 4.21. The molecule has 1 aromatic rings. The summed E-state index contributed by atoms with van der Waals surface area (Å²) in [6, 6.07) is 6.44. The maximum absolute atomic E-state index is 9.93. The van der Waals surface area contributed by atoms with Crippen molar-refractivity contribution in [2.75, 3.05) is 19.8 Å². The summed E-state index contributed by atoms with van der Waals surface area (Å²) in [7, 11) is 0. The molecule has 20 heavy (non-hydrogen) atoms. The number of hydrogen-bond acceptors (Lipinski definition) is 4. The van der Waals surface area contributed by atoms with E-state index in [1.54, 1.807) is 0 Å². The first-order valence-electron chi connectivity index (χ1n) is 7.54. The van der Waals surface area contributed by atoms with Crippen molar-refractivity contribution in [3.8, 4) is 11.5 Å². The van der Waals surface area contributed by atoms with Gasteiger partial charge in [-0.05, 0) is 44.0 Å². The molecule has 2 unspecified atom stereocenters. The van der Waals surface area contributed by atoms with Gasteiger partial charge in [-0.3, -0.25) is 4.90 Å². The first-order valence-corrected chi connectivity index (χ1v) is 7.54. The number of fused-ring (bicyclic) bond motifs is 1. The van der Waals surface area contributed by atoms with Gasteiger partial charge in [0.15, 0.2) is 11.5 Å². The fourth-order valence-electron chi connectivity index (χ4n) is 3.18. The summed E-state index contributed by atoms with van der Waals surface area (Å²) in [5.41, 5.74) is 1.22. The van der Waals surface area contributed by atoms with E-state index in [0.29, 0.717) is 13.2 Å². The van der Waals surface area contributed by atoms with E-state index in [4.69, 9.17) is 9.47 Å². The van der Waals surface area contributed by atoms with Crippen LogP contribution >= 0.6 is 0 Å². The molecule has 0 bridgehead atoms. The lowest BCUT2D eigenvalue weighted by Gasteiger charge is -2.37. The van der Waals surface area contributed by atoms with E-state index in [-0.39, 0.29) is 12.1 Å². The van der Waals surface area contributed by atoms with Crippen LogP contribution in [-0.2, 0) is 6.54 Å². The Morgan fingerprint density at radius 3 is 2.85 bits per heavy atom. The van der Waals surface area contributed by atoms with Crippen LogP contribution in [0, 0.1) is 0 Å². The molecule has 3 rings (SSSR count). The second-order valence-electron chi connectivity index (χ2n) is 5.75. The van der Waals surface area contributed by atoms with E-state index in [0.717, 1.165) is 31.0 Å². The molecule has 110 valence electrons. The summed E-state index contributed by atoms with van der Waals surface area (Å²) in [5.74, 6) is 1.69. The van der Waals surface area contributed by atoms with E-state index < -0.39 is 0 Å². The maximum atomic E-state index is 9.93. The number of hydrogen-bond donors (Lipinski definition) is 1. The second-order valence-corrected chi connectivity index (χ2v) is 5.75. The highest BCUT2D eigenvalue weighted by atomic mass is 16.6. The fraction of sp³-hybridized carbons (Fsp3) is 0.625. The van der Waals surface area contributed by atoms with Crippen LogP contribution in [0.2, 0.25) is 0 Å². The minimum absolute atomic E-state index is 0.271. The minimum atomic E-state index is -0.271. The molecule has 0 spiro atoms. The van der Waals surface area contributed by atoms with Crippen molar-refractivity contribution >= 4 is 0 Å². The van der Waals surface area contributed by atoms with Crippen LogP contribution in [0.5, 0.6) is 11.5 Å². The number of nitrogens with zero attached hydrogens (tertiary/aromatic N) is 1. The molecule has 2 atom stereocenters. The van der Waals surface area contributed by atoms with Gasteiger partial charge < -0.3 is 14.6 Å². The Balaban J connectivity index is 1.73. The first-order chi connectivity index (χ1) is 9.74. The van der Waals surface area contributed by atoms with Crippen LogP contribution in [0.25, 0.3) is 0 Å².